The lowest BCUT2D eigenvalue weighted by Crippen LogP contribution is -2.46. The van der Waals surface area contributed by atoms with Crippen molar-refractivity contribution in [2.24, 2.45) is 0 Å². The van der Waals surface area contributed by atoms with Crippen molar-refractivity contribution in [1.29, 1.82) is 0 Å². The van der Waals surface area contributed by atoms with Crippen molar-refractivity contribution in [1.82, 2.24) is 9.88 Å². The van der Waals surface area contributed by atoms with E-state index in [2.05, 4.69) is 64.3 Å². The molecule has 0 amide bonds. The molecule has 186 valence electrons. The third kappa shape index (κ3) is 5.31. The van der Waals surface area contributed by atoms with Crippen molar-refractivity contribution in [3.05, 3.63) is 95.2 Å². The first kappa shape index (κ1) is 24.1. The molecule has 1 aliphatic rings. The molecule has 1 fully saturated rings. The van der Waals surface area contributed by atoms with Crippen molar-refractivity contribution in [2.45, 2.75) is 26.6 Å². The van der Waals surface area contributed by atoms with E-state index in [4.69, 9.17) is 0 Å². The number of piperazine rings is 1. The highest BCUT2D eigenvalue weighted by Crippen LogP contribution is 2.33. The summed E-state index contributed by atoms with van der Waals surface area (Å²) in [6.45, 7) is 9.23. The van der Waals surface area contributed by atoms with E-state index in [-0.39, 0.29) is 0 Å². The topological polar surface area (TPSA) is 31.4 Å². The molecule has 0 spiro atoms. The van der Waals surface area contributed by atoms with Crippen molar-refractivity contribution in [2.75, 3.05) is 36.4 Å². The number of halogens is 3. The molecule has 0 saturated carbocycles. The van der Waals surface area contributed by atoms with E-state index in [1.807, 2.05) is 12.1 Å². The number of anilines is 3. The van der Waals surface area contributed by atoms with E-state index in [1.54, 1.807) is 6.07 Å². The molecule has 5 rings (SSSR count). The summed E-state index contributed by atoms with van der Waals surface area (Å²) in [5, 5.41) is 3.98. The summed E-state index contributed by atoms with van der Waals surface area (Å²) >= 11 is 0. The summed E-state index contributed by atoms with van der Waals surface area (Å²) in [6.07, 6.45) is -2.86. The van der Waals surface area contributed by atoms with E-state index in [1.165, 1.54) is 34.6 Å². The summed E-state index contributed by atoms with van der Waals surface area (Å²) in [4.78, 5) is 9.06. The zero-order chi connectivity index (χ0) is 25.3. The van der Waals surface area contributed by atoms with Crippen LogP contribution in [-0.2, 0) is 12.7 Å². The van der Waals surface area contributed by atoms with Crippen LogP contribution in [0.2, 0.25) is 0 Å². The molecule has 1 saturated heterocycles. The molecule has 1 aromatic heterocycles. The van der Waals surface area contributed by atoms with Gasteiger partial charge in [0.15, 0.2) is 0 Å². The lowest BCUT2D eigenvalue weighted by Gasteiger charge is -2.37. The normalized spacial score (nSPS) is 14.9. The molecule has 0 radical (unpaired) electrons. The third-order valence-corrected chi connectivity index (χ3v) is 6.77. The zero-order valence-corrected chi connectivity index (χ0v) is 20.4. The van der Waals surface area contributed by atoms with Crippen molar-refractivity contribution < 1.29 is 13.2 Å². The molecular formula is C29H29F3N4. The molecule has 4 aromatic rings. The van der Waals surface area contributed by atoms with Crippen molar-refractivity contribution >= 4 is 28.0 Å². The Hall–Kier alpha value is -3.58. The van der Waals surface area contributed by atoms with Crippen LogP contribution in [0.25, 0.3) is 10.9 Å². The summed E-state index contributed by atoms with van der Waals surface area (Å²) < 4.78 is 39.1. The van der Waals surface area contributed by atoms with Crippen LogP contribution >= 0.6 is 0 Å². The molecule has 1 aliphatic heterocycles. The maximum atomic E-state index is 13.0. The first-order valence-electron chi connectivity index (χ1n) is 12.1. The van der Waals surface area contributed by atoms with Crippen molar-refractivity contribution in [3.63, 3.8) is 0 Å². The van der Waals surface area contributed by atoms with Gasteiger partial charge in [-0.1, -0.05) is 35.9 Å². The molecule has 7 heteroatoms. The molecule has 0 bridgehead atoms. The van der Waals surface area contributed by atoms with Crippen LogP contribution < -0.4 is 10.2 Å². The van der Waals surface area contributed by atoms with E-state index in [0.717, 1.165) is 56.2 Å². The molecule has 2 heterocycles. The predicted octanol–water partition coefficient (Wildman–Crippen LogP) is 6.94. The molecule has 4 nitrogen and oxygen atoms in total. The predicted molar refractivity (Wildman–Crippen MR) is 140 cm³/mol. The van der Waals surface area contributed by atoms with Gasteiger partial charge >= 0.3 is 6.18 Å². The number of pyridine rings is 1. The SMILES string of the molecule is Cc1ccc(N2CCN(Cc3ccc(Nc4ccnc5cc(C(F)(F)F)ccc45)cc3)CC2)c(C)c1. The Bertz CT molecular complexity index is 1360. The second-order valence-corrected chi connectivity index (χ2v) is 9.46. The zero-order valence-electron chi connectivity index (χ0n) is 20.4. The number of hydrogen-bond acceptors (Lipinski definition) is 4. The lowest BCUT2D eigenvalue weighted by atomic mass is 10.1. The van der Waals surface area contributed by atoms with E-state index in [9.17, 15) is 13.2 Å². The Morgan fingerprint density at radius 1 is 0.861 bits per heavy atom. The van der Waals surface area contributed by atoms with E-state index < -0.39 is 11.7 Å². The van der Waals surface area contributed by atoms with Crippen molar-refractivity contribution in [3.8, 4) is 0 Å². The maximum absolute atomic E-state index is 13.0. The van der Waals surface area contributed by atoms with Crippen LogP contribution in [0.5, 0.6) is 0 Å². The largest absolute Gasteiger partial charge is 0.416 e. The molecule has 1 N–H and O–H groups in total. The Labute approximate surface area is 209 Å². The molecule has 3 aromatic carbocycles. The van der Waals surface area contributed by atoms with Crippen LogP contribution in [0.15, 0.2) is 72.9 Å². The number of hydrogen-bond donors (Lipinski definition) is 1. The minimum Gasteiger partial charge on any atom is -0.369 e. The second-order valence-electron chi connectivity index (χ2n) is 9.46. The number of fused-ring (bicyclic) bond motifs is 1. The number of benzene rings is 3. The molecule has 0 atom stereocenters. The van der Waals surface area contributed by atoms with Crippen LogP contribution in [0.1, 0.15) is 22.3 Å². The van der Waals surface area contributed by atoms with Crippen LogP contribution in [0.4, 0.5) is 30.2 Å². The third-order valence-electron chi connectivity index (χ3n) is 6.77. The first-order valence-corrected chi connectivity index (χ1v) is 12.1. The Morgan fingerprint density at radius 3 is 2.31 bits per heavy atom. The number of aromatic nitrogens is 1. The monoisotopic (exact) mass is 490 g/mol. The van der Waals surface area contributed by atoms with Crippen LogP contribution in [0.3, 0.4) is 0 Å². The highest BCUT2D eigenvalue weighted by molar-refractivity contribution is 5.93. The highest BCUT2D eigenvalue weighted by Gasteiger charge is 2.30. The van der Waals surface area contributed by atoms with Gasteiger partial charge in [-0.3, -0.25) is 9.88 Å². The molecule has 36 heavy (non-hydrogen) atoms. The number of rotatable bonds is 5. The molecule has 0 aliphatic carbocycles. The Morgan fingerprint density at radius 2 is 1.61 bits per heavy atom. The average Bonchev–Trinajstić information content (AvgIpc) is 2.85. The number of nitrogens with one attached hydrogen (secondary N) is 1. The number of aryl methyl sites for hydroxylation is 2. The quantitative estimate of drug-likeness (QED) is 0.329. The summed E-state index contributed by atoms with van der Waals surface area (Å²) in [7, 11) is 0. The fraction of sp³-hybridized carbons (Fsp3) is 0.276. The lowest BCUT2D eigenvalue weighted by molar-refractivity contribution is -0.137. The second kappa shape index (κ2) is 9.82. The van der Waals surface area contributed by atoms with Gasteiger partial charge in [0.2, 0.25) is 0 Å². The van der Waals surface area contributed by atoms with E-state index in [0.29, 0.717) is 10.9 Å². The molecular weight excluding hydrogens is 461 g/mol. The van der Waals surface area contributed by atoms with Crippen LogP contribution in [-0.4, -0.2) is 36.1 Å². The summed E-state index contributed by atoms with van der Waals surface area (Å²) in [6, 6.07) is 20.3. The summed E-state index contributed by atoms with van der Waals surface area (Å²) in [5.41, 5.74) is 6.40. The summed E-state index contributed by atoms with van der Waals surface area (Å²) in [5.74, 6) is 0. The fourth-order valence-electron chi connectivity index (χ4n) is 4.85. The smallest absolute Gasteiger partial charge is 0.369 e. The van der Waals surface area contributed by atoms with Gasteiger partial charge in [-0.05, 0) is 61.4 Å². The van der Waals surface area contributed by atoms with Gasteiger partial charge in [-0.2, -0.15) is 13.2 Å². The highest BCUT2D eigenvalue weighted by atomic mass is 19.4. The minimum absolute atomic E-state index is 0.311. The van der Waals surface area contributed by atoms with Gasteiger partial charge in [0.1, 0.15) is 0 Å². The Kier molecular flexibility index (Phi) is 6.58. The minimum atomic E-state index is -4.39. The van der Waals surface area contributed by atoms with Gasteiger partial charge < -0.3 is 10.2 Å². The van der Waals surface area contributed by atoms with Gasteiger partial charge in [0.05, 0.1) is 11.1 Å². The standard InChI is InChI=1S/C29H29F3N4/c1-20-3-10-28(21(2)17-20)36-15-13-35(14-16-36)19-22-4-7-24(8-5-22)34-26-11-12-33-27-18-23(29(30,31)32)6-9-25(26)27/h3-12,17-18H,13-16,19H2,1-2H3,(H,33,34). The Balaban J connectivity index is 1.21. The van der Waals surface area contributed by atoms with Gasteiger partial charge in [-0.25, -0.2) is 0 Å². The first-order chi connectivity index (χ1) is 17.3. The van der Waals surface area contributed by atoms with Crippen LogP contribution in [0, 0.1) is 13.8 Å². The molecule has 0 unspecified atom stereocenters. The van der Waals surface area contributed by atoms with Gasteiger partial charge in [0.25, 0.3) is 0 Å². The fourth-order valence-corrected chi connectivity index (χ4v) is 4.85. The maximum Gasteiger partial charge on any atom is 0.416 e. The van der Waals surface area contributed by atoms with Gasteiger partial charge in [-0.15, -0.1) is 0 Å². The number of nitrogens with zero attached hydrogens (tertiary/aromatic N) is 3. The average molecular weight is 491 g/mol. The number of alkyl halides is 3. The van der Waals surface area contributed by atoms with Gasteiger partial charge in [0, 0.05) is 61.4 Å². The van der Waals surface area contributed by atoms with E-state index >= 15 is 0 Å².